The number of rotatable bonds is 12. The van der Waals surface area contributed by atoms with Crippen molar-refractivity contribution in [3.05, 3.63) is 83.3 Å². The van der Waals surface area contributed by atoms with E-state index in [-0.39, 0.29) is 0 Å². The molecule has 0 bridgehead atoms. The topological polar surface area (TPSA) is 79.4 Å². The van der Waals surface area contributed by atoms with Crippen LogP contribution in [0.1, 0.15) is 17.0 Å². The molecule has 3 aromatic rings. The summed E-state index contributed by atoms with van der Waals surface area (Å²) in [5.74, 6) is 1.77. The van der Waals surface area contributed by atoms with Crippen LogP contribution in [0.2, 0.25) is 5.02 Å². The average Bonchev–Trinajstić information content (AvgIpc) is 2.85. The summed E-state index contributed by atoms with van der Waals surface area (Å²) in [5, 5.41) is 7.79. The van der Waals surface area contributed by atoms with Crippen molar-refractivity contribution in [1.82, 2.24) is 14.9 Å². The summed E-state index contributed by atoms with van der Waals surface area (Å²) in [6, 6.07) is 11.6. The van der Waals surface area contributed by atoms with Crippen molar-refractivity contribution in [2.45, 2.75) is 6.42 Å². The van der Waals surface area contributed by atoms with Gasteiger partial charge in [0.2, 0.25) is 0 Å². The molecule has 7 nitrogen and oxygen atoms in total. The van der Waals surface area contributed by atoms with Gasteiger partial charge in [0.1, 0.15) is 23.7 Å². The van der Waals surface area contributed by atoms with Crippen molar-refractivity contribution in [2.24, 2.45) is 0 Å². The monoisotopic (exact) mass is 539 g/mol. The maximum absolute atomic E-state index is 12.8. The molecule has 1 heterocycles. The fraction of sp³-hybridized carbons (Fsp3) is 0.286. The van der Waals surface area contributed by atoms with Gasteiger partial charge in [-0.2, -0.15) is 0 Å². The van der Waals surface area contributed by atoms with E-state index >= 15 is 0 Å². The third-order valence-electron chi connectivity index (χ3n) is 5.54. The molecular formula is C28H35ClN5O2P. The van der Waals surface area contributed by atoms with Gasteiger partial charge in [0, 0.05) is 41.6 Å². The second-order valence-electron chi connectivity index (χ2n) is 9.24. The molecule has 3 rings (SSSR count). The van der Waals surface area contributed by atoms with Crippen LogP contribution in [0.4, 0.5) is 17.2 Å². The summed E-state index contributed by atoms with van der Waals surface area (Å²) in [6.07, 6.45) is 8.02. The minimum Gasteiger partial charge on any atom is -0.496 e. The van der Waals surface area contributed by atoms with Crippen molar-refractivity contribution < 1.29 is 9.30 Å². The molecule has 1 aromatic heterocycles. The Morgan fingerprint density at radius 2 is 1.95 bits per heavy atom. The number of aromatic nitrogens is 2. The summed E-state index contributed by atoms with van der Waals surface area (Å²) < 4.78 is 18.5. The lowest BCUT2D eigenvalue weighted by molar-refractivity contribution is 0.410. The summed E-state index contributed by atoms with van der Waals surface area (Å²) in [7, 11) is 3.21. The van der Waals surface area contributed by atoms with Gasteiger partial charge in [-0.25, -0.2) is 9.97 Å². The van der Waals surface area contributed by atoms with Crippen LogP contribution >= 0.6 is 18.7 Å². The van der Waals surface area contributed by atoms with Gasteiger partial charge in [0.15, 0.2) is 5.82 Å². The van der Waals surface area contributed by atoms with E-state index in [4.69, 9.17) is 16.3 Å². The number of methoxy groups -OCH3 is 1. The highest BCUT2D eigenvalue weighted by molar-refractivity contribution is 7.70. The van der Waals surface area contributed by atoms with E-state index in [2.05, 4.69) is 50.3 Å². The molecule has 0 saturated carbocycles. The van der Waals surface area contributed by atoms with Gasteiger partial charge in [-0.1, -0.05) is 42.0 Å². The van der Waals surface area contributed by atoms with Crippen LogP contribution < -0.4 is 20.7 Å². The highest BCUT2D eigenvalue weighted by Crippen LogP contribution is 2.38. The number of hydrogen-bond acceptors (Lipinski definition) is 7. The molecule has 0 spiro atoms. The van der Waals surface area contributed by atoms with Crippen molar-refractivity contribution in [3.63, 3.8) is 0 Å². The lowest BCUT2D eigenvalue weighted by Gasteiger charge is -2.17. The standard InChI is InChI=1S/C28H35ClN5O2P/c1-7-14-30-24-16-21(25(36-4)17-20(24)11-10-15-34(2)3)18-27-31-19-22(29)28(33-27)32-23-12-8-9-13-26(23)37(5,6)35/h7-13,16-17,19,30H,1,14-15,18H2,2-6H3,(H,31,32,33). The molecule has 2 aromatic carbocycles. The maximum atomic E-state index is 12.8. The van der Waals surface area contributed by atoms with Gasteiger partial charge in [-0.15, -0.1) is 6.58 Å². The summed E-state index contributed by atoms with van der Waals surface area (Å²) in [6.45, 7) is 8.76. The molecule has 9 heteroatoms. The molecule has 0 saturated heterocycles. The molecule has 0 aliphatic carbocycles. The van der Waals surface area contributed by atoms with Crippen LogP contribution in [-0.2, 0) is 11.0 Å². The lowest BCUT2D eigenvalue weighted by Crippen LogP contribution is -2.11. The number of benzene rings is 2. The van der Waals surface area contributed by atoms with Gasteiger partial charge in [-0.05, 0) is 51.7 Å². The molecular weight excluding hydrogens is 505 g/mol. The van der Waals surface area contributed by atoms with E-state index in [0.717, 1.165) is 34.4 Å². The van der Waals surface area contributed by atoms with Gasteiger partial charge >= 0.3 is 0 Å². The second-order valence-corrected chi connectivity index (χ2v) is 12.8. The number of nitrogens with one attached hydrogen (secondary N) is 2. The number of hydrogen-bond donors (Lipinski definition) is 2. The Bertz CT molecular complexity index is 1320. The highest BCUT2D eigenvalue weighted by Gasteiger charge is 2.18. The zero-order chi connectivity index (χ0) is 27.0. The van der Waals surface area contributed by atoms with Crippen molar-refractivity contribution in [2.75, 3.05) is 58.3 Å². The van der Waals surface area contributed by atoms with Gasteiger partial charge < -0.3 is 24.8 Å². The number of ether oxygens (including phenoxy) is 1. The molecule has 196 valence electrons. The molecule has 0 amide bonds. The van der Waals surface area contributed by atoms with E-state index in [1.807, 2.05) is 50.5 Å². The SMILES string of the molecule is C=CCNc1cc(Cc2ncc(Cl)c(Nc3ccccc3P(C)(C)=O)n2)c(OC)cc1C=CCN(C)C. The zero-order valence-electron chi connectivity index (χ0n) is 22.1. The number of likely N-dealkylation sites (N-methyl/N-ethyl adjacent to an activating group) is 1. The van der Waals surface area contributed by atoms with E-state index in [0.29, 0.717) is 35.3 Å². The van der Waals surface area contributed by atoms with Crippen molar-refractivity contribution in [1.29, 1.82) is 0 Å². The van der Waals surface area contributed by atoms with Gasteiger partial charge in [0.05, 0.1) is 19.0 Å². The van der Waals surface area contributed by atoms with Crippen LogP contribution in [0.15, 0.2) is 61.3 Å². The predicted molar refractivity (Wildman–Crippen MR) is 158 cm³/mol. The first-order chi connectivity index (χ1) is 17.6. The number of halogens is 1. The van der Waals surface area contributed by atoms with Gasteiger partial charge in [0.25, 0.3) is 0 Å². The smallest absolute Gasteiger partial charge is 0.153 e. The molecule has 0 fully saturated rings. The number of nitrogens with zero attached hydrogens (tertiary/aromatic N) is 3. The normalized spacial score (nSPS) is 11.6. The van der Waals surface area contributed by atoms with Crippen LogP contribution in [-0.4, -0.2) is 62.5 Å². The predicted octanol–water partition coefficient (Wildman–Crippen LogP) is 5.89. The molecule has 0 radical (unpaired) electrons. The molecule has 0 aliphatic heterocycles. The Balaban J connectivity index is 1.95. The Labute approximate surface area is 225 Å². The Morgan fingerprint density at radius 1 is 1.19 bits per heavy atom. The van der Waals surface area contributed by atoms with Crippen molar-refractivity contribution >= 4 is 47.3 Å². The fourth-order valence-corrected chi connectivity index (χ4v) is 5.05. The van der Waals surface area contributed by atoms with Crippen molar-refractivity contribution in [3.8, 4) is 5.75 Å². The minimum atomic E-state index is -2.51. The Kier molecular flexibility index (Phi) is 9.93. The highest BCUT2D eigenvalue weighted by atomic mass is 35.5. The first kappa shape index (κ1) is 28.5. The quantitative estimate of drug-likeness (QED) is 0.219. The Morgan fingerprint density at radius 3 is 2.62 bits per heavy atom. The second kappa shape index (κ2) is 12.9. The lowest BCUT2D eigenvalue weighted by atomic mass is 10.0. The molecule has 0 unspecified atom stereocenters. The van der Waals surface area contributed by atoms with E-state index in [9.17, 15) is 4.57 Å². The third-order valence-corrected chi connectivity index (χ3v) is 7.36. The van der Waals surface area contributed by atoms with E-state index < -0.39 is 7.14 Å². The van der Waals surface area contributed by atoms with Gasteiger partial charge in [-0.3, -0.25) is 0 Å². The minimum absolute atomic E-state index is 0.377. The summed E-state index contributed by atoms with van der Waals surface area (Å²) >= 11 is 6.44. The fourth-order valence-electron chi connectivity index (χ4n) is 3.76. The Hall–Kier alpha value is -3.12. The summed E-state index contributed by atoms with van der Waals surface area (Å²) in [5.41, 5.74) is 3.63. The third kappa shape index (κ3) is 7.93. The number of para-hydroxylation sites is 1. The van der Waals surface area contributed by atoms with Crippen LogP contribution in [0.25, 0.3) is 6.08 Å². The molecule has 37 heavy (non-hydrogen) atoms. The first-order valence-corrected chi connectivity index (χ1v) is 14.9. The van der Waals surface area contributed by atoms with Crippen LogP contribution in [0.3, 0.4) is 0 Å². The molecule has 2 N–H and O–H groups in total. The first-order valence-electron chi connectivity index (χ1n) is 11.9. The maximum Gasteiger partial charge on any atom is 0.153 e. The number of anilines is 3. The summed E-state index contributed by atoms with van der Waals surface area (Å²) in [4.78, 5) is 11.2. The molecule has 0 atom stereocenters. The largest absolute Gasteiger partial charge is 0.496 e. The zero-order valence-corrected chi connectivity index (χ0v) is 23.7. The van der Waals surface area contributed by atoms with Crippen LogP contribution in [0, 0.1) is 0 Å². The van der Waals surface area contributed by atoms with E-state index in [1.54, 1.807) is 26.6 Å². The molecule has 0 aliphatic rings. The van der Waals surface area contributed by atoms with E-state index in [1.165, 1.54) is 0 Å². The van der Waals surface area contributed by atoms with Crippen LogP contribution in [0.5, 0.6) is 5.75 Å². The average molecular weight is 540 g/mol.